The Hall–Kier alpha value is -3.28. The first kappa shape index (κ1) is 24.4. The van der Waals surface area contributed by atoms with Gasteiger partial charge in [-0.3, -0.25) is 4.79 Å². The number of Topliss-reactive ketones (excluding diaryl/α,β-unsaturated/α-hetero) is 1. The molecule has 2 aromatic rings. The van der Waals surface area contributed by atoms with Crippen molar-refractivity contribution in [2.75, 3.05) is 7.11 Å². The molecule has 0 aromatic heterocycles. The van der Waals surface area contributed by atoms with E-state index in [1.165, 1.54) is 41.7 Å². The summed E-state index contributed by atoms with van der Waals surface area (Å²) in [4.78, 5) is 24.7. The Bertz CT molecular complexity index is 1280. The largest absolute Gasteiger partial charge is 0.467 e. The van der Waals surface area contributed by atoms with Crippen LogP contribution in [0, 0.1) is 11.6 Å². The van der Waals surface area contributed by atoms with E-state index >= 15 is 0 Å². The van der Waals surface area contributed by atoms with Crippen LogP contribution in [0.5, 0.6) is 0 Å². The second-order valence-electron chi connectivity index (χ2n) is 7.90. The van der Waals surface area contributed by atoms with Crippen molar-refractivity contribution in [3.05, 3.63) is 82.4 Å². The van der Waals surface area contributed by atoms with Gasteiger partial charge in [0.25, 0.3) is 0 Å². The summed E-state index contributed by atoms with van der Waals surface area (Å²) in [5.41, 5.74) is 3.66. The summed E-state index contributed by atoms with van der Waals surface area (Å²) in [6, 6.07) is 7.97. The fourth-order valence-corrected chi connectivity index (χ4v) is 4.22. The lowest BCUT2D eigenvalue weighted by Crippen LogP contribution is -2.40. The van der Waals surface area contributed by atoms with Gasteiger partial charge in [0.2, 0.25) is 17.4 Å². The van der Waals surface area contributed by atoms with Crippen LogP contribution in [-0.2, 0) is 38.6 Å². The maximum atomic E-state index is 14.4. The SMILES string of the molecule is BC1(c2ccc(C(=O)OC)c(F)c2)OC(N)=C(OS(=O)(=O)C(B)(B)c2ccc(F)cc2)C1=O. The van der Waals surface area contributed by atoms with Gasteiger partial charge in [-0.1, -0.05) is 18.2 Å². The maximum absolute atomic E-state index is 14.4. The number of ether oxygens (including phenoxy) is 2. The second kappa shape index (κ2) is 8.25. The molecule has 0 saturated heterocycles. The van der Waals surface area contributed by atoms with Crippen molar-refractivity contribution in [2.24, 2.45) is 5.73 Å². The number of ketones is 1. The van der Waals surface area contributed by atoms with E-state index in [9.17, 15) is 26.8 Å². The smallest absolute Gasteiger partial charge is 0.340 e. The lowest BCUT2D eigenvalue weighted by Gasteiger charge is -2.26. The summed E-state index contributed by atoms with van der Waals surface area (Å²) in [5, 5.41) is 0. The standard InChI is InChI=1S/C19H18B3F2NO7S/c1-30-17(27)12-7-4-10(8-13(12)24)18(20)15(26)14(16(25)31-18)32-33(28,29)19(21,22)9-2-5-11(23)6-3-9/h2-8H,20-22,25H2,1H3. The molecular formula is C19H18B3F2NO7S. The number of halogens is 2. The predicted molar refractivity (Wildman–Crippen MR) is 120 cm³/mol. The van der Waals surface area contributed by atoms with Gasteiger partial charge in [0.15, 0.2) is 13.3 Å². The first-order valence-electron chi connectivity index (χ1n) is 9.56. The monoisotopic (exact) mass is 475 g/mol. The molecule has 8 nitrogen and oxygen atoms in total. The van der Waals surface area contributed by atoms with E-state index < -0.39 is 55.2 Å². The topological polar surface area (TPSA) is 122 Å². The van der Waals surface area contributed by atoms with E-state index in [1.54, 1.807) is 0 Å². The first-order chi connectivity index (χ1) is 15.2. The van der Waals surface area contributed by atoms with E-state index in [0.29, 0.717) is 0 Å². The van der Waals surface area contributed by atoms with Gasteiger partial charge in [-0.2, -0.15) is 8.42 Å². The molecule has 0 radical (unpaired) electrons. The molecule has 14 heteroatoms. The van der Waals surface area contributed by atoms with Crippen molar-refractivity contribution in [2.45, 2.75) is 10.0 Å². The molecule has 2 N–H and O–H groups in total. The van der Waals surface area contributed by atoms with Crippen molar-refractivity contribution < 1.29 is 40.4 Å². The third-order valence-electron chi connectivity index (χ3n) is 5.46. The molecule has 1 atom stereocenters. The van der Waals surface area contributed by atoms with Crippen LogP contribution in [0.3, 0.4) is 0 Å². The summed E-state index contributed by atoms with van der Waals surface area (Å²) in [6.07, 6.45) is 0. The number of hydrogen-bond acceptors (Lipinski definition) is 8. The Balaban J connectivity index is 1.93. The molecular weight excluding hydrogens is 457 g/mol. The van der Waals surface area contributed by atoms with Crippen molar-refractivity contribution >= 4 is 45.4 Å². The van der Waals surface area contributed by atoms with Crippen molar-refractivity contribution in [3.8, 4) is 0 Å². The molecule has 0 bridgehead atoms. The van der Waals surface area contributed by atoms with Gasteiger partial charge >= 0.3 is 16.1 Å². The fourth-order valence-electron chi connectivity index (χ4n) is 3.21. The van der Waals surface area contributed by atoms with Crippen molar-refractivity contribution in [3.63, 3.8) is 0 Å². The van der Waals surface area contributed by atoms with Gasteiger partial charge in [0, 0.05) is 0 Å². The highest BCUT2D eigenvalue weighted by Gasteiger charge is 2.51. The number of hydrogen-bond donors (Lipinski definition) is 1. The highest BCUT2D eigenvalue weighted by atomic mass is 32.2. The Morgan fingerprint density at radius 3 is 2.30 bits per heavy atom. The highest BCUT2D eigenvalue weighted by Crippen LogP contribution is 2.38. The normalized spacial score (nSPS) is 18.7. The summed E-state index contributed by atoms with van der Waals surface area (Å²) in [5.74, 6) is -4.80. The van der Waals surface area contributed by atoms with Gasteiger partial charge in [-0.15, -0.1) is 0 Å². The van der Waals surface area contributed by atoms with Crippen LogP contribution in [0.4, 0.5) is 8.78 Å². The van der Waals surface area contributed by atoms with Gasteiger partial charge in [-0.25, -0.2) is 13.6 Å². The van der Waals surface area contributed by atoms with Crippen LogP contribution < -0.4 is 5.73 Å². The highest BCUT2D eigenvalue weighted by molar-refractivity contribution is 7.90. The molecule has 2 aromatic carbocycles. The van der Waals surface area contributed by atoms with E-state index in [1.807, 2.05) is 0 Å². The number of carbonyl (C=O) groups excluding carboxylic acids is 2. The van der Waals surface area contributed by atoms with Gasteiger partial charge in [0.1, 0.15) is 27.3 Å². The number of nitrogens with two attached hydrogens (primary N) is 1. The minimum absolute atomic E-state index is 0.0330. The minimum Gasteiger partial charge on any atom is -0.467 e. The molecule has 1 aliphatic heterocycles. The minimum atomic E-state index is -4.53. The number of rotatable bonds is 6. The molecule has 0 spiro atoms. The number of esters is 1. The van der Waals surface area contributed by atoms with E-state index in [2.05, 4.69) is 4.74 Å². The van der Waals surface area contributed by atoms with Crippen molar-refractivity contribution in [1.82, 2.24) is 0 Å². The van der Waals surface area contributed by atoms with E-state index in [0.717, 1.165) is 31.4 Å². The van der Waals surface area contributed by atoms with Crippen LogP contribution in [0.1, 0.15) is 21.5 Å². The number of benzene rings is 2. The summed E-state index contributed by atoms with van der Waals surface area (Å²) in [6.45, 7) is 0. The third-order valence-corrected chi connectivity index (χ3v) is 7.33. The van der Waals surface area contributed by atoms with Crippen LogP contribution >= 0.6 is 0 Å². The predicted octanol–water partition coefficient (Wildman–Crippen LogP) is -1.31. The zero-order chi connectivity index (χ0) is 24.8. The Kier molecular flexibility index (Phi) is 6.09. The number of methoxy groups -OCH3 is 1. The number of carbonyl (C=O) groups is 2. The lowest BCUT2D eigenvalue weighted by molar-refractivity contribution is -0.126. The summed E-state index contributed by atoms with van der Waals surface area (Å²) in [7, 11) is 0.430. The van der Waals surface area contributed by atoms with Gasteiger partial charge in [-0.05, 0) is 35.4 Å². The molecule has 0 aliphatic carbocycles. The maximum Gasteiger partial charge on any atom is 0.340 e. The van der Waals surface area contributed by atoms with Crippen LogP contribution in [-0.4, -0.2) is 50.8 Å². The Labute approximate surface area is 191 Å². The second-order valence-corrected chi connectivity index (χ2v) is 9.99. The Morgan fingerprint density at radius 1 is 1.15 bits per heavy atom. The summed E-state index contributed by atoms with van der Waals surface area (Å²) >= 11 is 0. The van der Waals surface area contributed by atoms with Gasteiger partial charge < -0.3 is 19.4 Å². The summed E-state index contributed by atoms with van der Waals surface area (Å²) < 4.78 is 67.0. The zero-order valence-electron chi connectivity index (χ0n) is 18.1. The fraction of sp³-hybridized carbons (Fsp3) is 0.158. The van der Waals surface area contributed by atoms with Crippen molar-refractivity contribution in [1.29, 1.82) is 0 Å². The lowest BCUT2D eigenvalue weighted by atomic mass is 9.65. The third kappa shape index (κ3) is 4.10. The van der Waals surface area contributed by atoms with Crippen LogP contribution in [0.25, 0.3) is 0 Å². The van der Waals surface area contributed by atoms with Crippen LogP contribution in [0.15, 0.2) is 54.1 Å². The van der Waals surface area contributed by atoms with Gasteiger partial charge in [0.05, 0.1) is 17.2 Å². The molecule has 3 rings (SSSR count). The molecule has 33 heavy (non-hydrogen) atoms. The first-order valence-corrected chi connectivity index (χ1v) is 11.0. The Morgan fingerprint density at radius 2 is 1.76 bits per heavy atom. The molecule has 170 valence electrons. The van der Waals surface area contributed by atoms with E-state index in [-0.39, 0.29) is 16.7 Å². The quantitative estimate of drug-likeness (QED) is 0.311. The molecule has 1 unspecified atom stereocenters. The van der Waals surface area contributed by atoms with E-state index in [4.69, 9.17) is 14.7 Å². The van der Waals surface area contributed by atoms with Crippen LogP contribution in [0.2, 0.25) is 0 Å². The molecule has 0 amide bonds. The molecule has 1 aliphatic rings. The zero-order valence-corrected chi connectivity index (χ0v) is 19.0. The molecule has 0 saturated carbocycles. The average Bonchev–Trinajstić information content (AvgIpc) is 2.97. The average molecular weight is 475 g/mol. The molecule has 1 heterocycles. The molecule has 0 fully saturated rings.